The predicted molar refractivity (Wildman–Crippen MR) is 120 cm³/mol. The number of pyridine rings is 1. The zero-order chi connectivity index (χ0) is 21.8. The molecule has 0 fully saturated rings. The molecule has 0 N–H and O–H groups in total. The van der Waals surface area contributed by atoms with Gasteiger partial charge in [-0.05, 0) is 50.2 Å². The highest BCUT2D eigenvalue weighted by atomic mass is 16.2. The number of hydrogen-bond donors (Lipinski definition) is 0. The first-order valence-corrected chi connectivity index (χ1v) is 10.2. The highest BCUT2D eigenvalue weighted by Gasteiger charge is 2.19. The lowest BCUT2D eigenvalue weighted by molar-refractivity contribution is 0.0774. The van der Waals surface area contributed by atoms with E-state index in [0.717, 1.165) is 0 Å². The first-order valence-electron chi connectivity index (χ1n) is 10.2. The first-order chi connectivity index (χ1) is 15.1. The molecule has 0 aliphatic heterocycles. The van der Waals surface area contributed by atoms with Crippen LogP contribution in [0.4, 0.5) is 5.69 Å². The van der Waals surface area contributed by atoms with Crippen molar-refractivity contribution in [2.24, 2.45) is 4.99 Å². The Balaban J connectivity index is 2.08. The molecule has 0 atom stereocenters. The van der Waals surface area contributed by atoms with Crippen LogP contribution in [-0.2, 0) is 0 Å². The number of aromatic nitrogens is 3. The van der Waals surface area contributed by atoms with Crippen molar-refractivity contribution in [1.82, 2.24) is 18.9 Å². The van der Waals surface area contributed by atoms with Crippen molar-refractivity contribution in [2.75, 3.05) is 13.1 Å². The summed E-state index contributed by atoms with van der Waals surface area (Å²) in [7, 11) is 0. The normalized spacial score (nSPS) is 11.6. The quantitative estimate of drug-likeness (QED) is 0.504. The third-order valence-corrected chi connectivity index (χ3v) is 5.05. The average Bonchev–Trinajstić information content (AvgIpc) is 2.81. The second-order valence-electron chi connectivity index (χ2n) is 6.91. The van der Waals surface area contributed by atoms with Gasteiger partial charge in [0.15, 0.2) is 5.65 Å². The Labute approximate surface area is 179 Å². The Kier molecular flexibility index (Phi) is 5.75. The molecular formula is C24H23N5O2. The van der Waals surface area contributed by atoms with Crippen LogP contribution in [0.5, 0.6) is 0 Å². The van der Waals surface area contributed by atoms with Crippen LogP contribution in [0.1, 0.15) is 24.2 Å². The standard InChI is InChI=1S/C24H23N5O2/c1-3-27(4-2)22(30)20-16-11-17-28-21(20)26-23(25-18-12-7-5-8-13-18)29(24(28)31)19-14-9-6-10-15-19/h5-17H,3-4H2,1-2H3. The van der Waals surface area contributed by atoms with Crippen molar-refractivity contribution in [3.05, 3.63) is 101 Å². The van der Waals surface area contributed by atoms with E-state index >= 15 is 0 Å². The van der Waals surface area contributed by atoms with E-state index in [1.54, 1.807) is 23.2 Å². The largest absolute Gasteiger partial charge is 0.341 e. The van der Waals surface area contributed by atoms with Crippen LogP contribution in [0.2, 0.25) is 0 Å². The van der Waals surface area contributed by atoms with Gasteiger partial charge in [-0.2, -0.15) is 4.98 Å². The van der Waals surface area contributed by atoms with Crippen molar-refractivity contribution in [3.63, 3.8) is 0 Å². The maximum absolute atomic E-state index is 13.5. The minimum Gasteiger partial charge on any atom is -0.339 e. The summed E-state index contributed by atoms with van der Waals surface area (Å²) in [6.45, 7) is 4.98. The highest BCUT2D eigenvalue weighted by Crippen LogP contribution is 2.12. The molecule has 0 bridgehead atoms. The molecule has 2 aromatic heterocycles. The number of carbonyl (C=O) groups is 1. The molecule has 0 spiro atoms. The van der Waals surface area contributed by atoms with Crippen LogP contribution in [0.25, 0.3) is 11.3 Å². The van der Waals surface area contributed by atoms with Gasteiger partial charge in [0.1, 0.15) is 0 Å². The summed E-state index contributed by atoms with van der Waals surface area (Å²) in [5.74, 6) is -0.168. The summed E-state index contributed by atoms with van der Waals surface area (Å²) >= 11 is 0. The Bertz CT molecular complexity index is 1340. The van der Waals surface area contributed by atoms with Gasteiger partial charge in [-0.25, -0.2) is 14.4 Å². The molecule has 0 aliphatic carbocycles. The molecule has 0 radical (unpaired) electrons. The number of para-hydroxylation sites is 2. The van der Waals surface area contributed by atoms with E-state index in [4.69, 9.17) is 4.98 Å². The van der Waals surface area contributed by atoms with Gasteiger partial charge in [-0.3, -0.25) is 9.20 Å². The fourth-order valence-electron chi connectivity index (χ4n) is 3.45. The number of rotatable bonds is 5. The minimum atomic E-state index is -0.347. The number of carbonyl (C=O) groups excluding carboxylic acids is 1. The topological polar surface area (TPSA) is 72.0 Å². The second kappa shape index (κ2) is 8.79. The molecule has 2 aromatic carbocycles. The van der Waals surface area contributed by atoms with Crippen LogP contribution >= 0.6 is 0 Å². The molecule has 0 unspecified atom stereocenters. The van der Waals surface area contributed by atoms with Crippen molar-refractivity contribution in [3.8, 4) is 5.69 Å². The number of benzene rings is 2. The van der Waals surface area contributed by atoms with Crippen molar-refractivity contribution < 1.29 is 4.79 Å². The summed E-state index contributed by atoms with van der Waals surface area (Å²) in [6, 6.07) is 21.9. The van der Waals surface area contributed by atoms with E-state index < -0.39 is 0 Å². The maximum atomic E-state index is 13.5. The molecular weight excluding hydrogens is 390 g/mol. The molecule has 7 heteroatoms. The van der Waals surface area contributed by atoms with Gasteiger partial charge in [0, 0.05) is 19.3 Å². The summed E-state index contributed by atoms with van der Waals surface area (Å²) in [5, 5.41) is 0. The van der Waals surface area contributed by atoms with Gasteiger partial charge < -0.3 is 4.90 Å². The molecule has 31 heavy (non-hydrogen) atoms. The van der Waals surface area contributed by atoms with Crippen molar-refractivity contribution in [2.45, 2.75) is 13.8 Å². The van der Waals surface area contributed by atoms with E-state index in [9.17, 15) is 9.59 Å². The second-order valence-corrected chi connectivity index (χ2v) is 6.91. The molecule has 0 aliphatic rings. The van der Waals surface area contributed by atoms with Gasteiger partial charge >= 0.3 is 5.69 Å². The van der Waals surface area contributed by atoms with Crippen LogP contribution in [-0.4, -0.2) is 37.8 Å². The van der Waals surface area contributed by atoms with E-state index in [-0.39, 0.29) is 22.9 Å². The molecule has 0 saturated carbocycles. The number of hydrogen-bond acceptors (Lipinski definition) is 4. The van der Waals surface area contributed by atoms with Gasteiger partial charge in [0.25, 0.3) is 5.91 Å². The Morgan fingerprint density at radius 1 is 0.935 bits per heavy atom. The average molecular weight is 413 g/mol. The Morgan fingerprint density at radius 2 is 1.58 bits per heavy atom. The van der Waals surface area contributed by atoms with Crippen molar-refractivity contribution in [1.29, 1.82) is 0 Å². The molecule has 7 nitrogen and oxygen atoms in total. The third-order valence-electron chi connectivity index (χ3n) is 5.05. The fraction of sp³-hybridized carbons (Fsp3) is 0.167. The van der Waals surface area contributed by atoms with E-state index in [0.29, 0.717) is 30.0 Å². The summed E-state index contributed by atoms with van der Waals surface area (Å²) in [4.78, 5) is 37.6. The lowest BCUT2D eigenvalue weighted by atomic mass is 10.2. The third kappa shape index (κ3) is 3.90. The number of fused-ring (bicyclic) bond motifs is 1. The number of amides is 1. The van der Waals surface area contributed by atoms with Gasteiger partial charge in [-0.15, -0.1) is 0 Å². The zero-order valence-corrected chi connectivity index (χ0v) is 17.5. The summed E-state index contributed by atoms with van der Waals surface area (Å²) < 4.78 is 2.85. The molecule has 156 valence electrons. The van der Waals surface area contributed by atoms with Crippen molar-refractivity contribution >= 4 is 17.2 Å². The molecule has 1 amide bonds. The van der Waals surface area contributed by atoms with Gasteiger partial charge in [-0.1, -0.05) is 36.4 Å². The zero-order valence-electron chi connectivity index (χ0n) is 17.5. The van der Waals surface area contributed by atoms with Crippen LogP contribution in [0, 0.1) is 0 Å². The highest BCUT2D eigenvalue weighted by molar-refractivity contribution is 5.99. The monoisotopic (exact) mass is 413 g/mol. The molecule has 0 saturated heterocycles. The molecule has 2 heterocycles. The van der Waals surface area contributed by atoms with E-state index in [2.05, 4.69) is 4.99 Å². The maximum Gasteiger partial charge on any atom is 0.341 e. The lowest BCUT2D eigenvalue weighted by Crippen LogP contribution is -2.40. The van der Waals surface area contributed by atoms with Gasteiger partial charge in [0.2, 0.25) is 5.62 Å². The molecule has 4 rings (SSSR count). The summed E-state index contributed by atoms with van der Waals surface area (Å²) in [6.07, 6.45) is 1.62. The smallest absolute Gasteiger partial charge is 0.339 e. The lowest BCUT2D eigenvalue weighted by Gasteiger charge is -2.19. The minimum absolute atomic E-state index is 0.168. The SMILES string of the molecule is CCN(CC)C(=O)c1cccn2c(=O)n(-c3ccccc3)c(=Nc3ccccc3)nc12. The fourth-order valence-corrected chi connectivity index (χ4v) is 3.45. The van der Waals surface area contributed by atoms with Crippen LogP contribution in [0.3, 0.4) is 0 Å². The van der Waals surface area contributed by atoms with Gasteiger partial charge in [0.05, 0.1) is 16.9 Å². The van der Waals surface area contributed by atoms with Crippen LogP contribution in [0.15, 0.2) is 88.8 Å². The summed E-state index contributed by atoms with van der Waals surface area (Å²) in [5.41, 5.74) is 1.82. The predicted octanol–water partition coefficient (Wildman–Crippen LogP) is 3.20. The Morgan fingerprint density at radius 3 is 2.23 bits per heavy atom. The molecule has 4 aromatic rings. The Hall–Kier alpha value is -4.00. The van der Waals surface area contributed by atoms with E-state index in [1.165, 1.54) is 8.97 Å². The van der Waals surface area contributed by atoms with E-state index in [1.807, 2.05) is 74.5 Å². The van der Waals surface area contributed by atoms with Crippen LogP contribution < -0.4 is 11.3 Å². The first kappa shape index (κ1) is 20.3. The number of nitrogens with zero attached hydrogens (tertiary/aromatic N) is 5.